The van der Waals surface area contributed by atoms with Crippen LogP contribution in [0.2, 0.25) is 5.15 Å². The van der Waals surface area contributed by atoms with E-state index in [0.717, 1.165) is 20.4 Å². The first-order chi connectivity index (χ1) is 7.58. The van der Waals surface area contributed by atoms with E-state index in [1.54, 1.807) is 12.4 Å². The molecule has 0 spiro atoms. The highest BCUT2D eigenvalue weighted by atomic mass is 127. The second-order valence-corrected chi connectivity index (χ2v) is 5.03. The first-order valence-corrected chi connectivity index (χ1v) is 6.15. The topological polar surface area (TPSA) is 38.7 Å². The highest BCUT2D eigenvalue weighted by Gasteiger charge is 2.09. The molecule has 82 valence electrons. The predicted molar refractivity (Wildman–Crippen MR) is 72.5 cm³/mol. The molecule has 0 aliphatic rings. The van der Waals surface area contributed by atoms with E-state index in [1.165, 1.54) is 0 Å². The monoisotopic (exact) mass is 345 g/mol. The van der Waals surface area contributed by atoms with Crippen LogP contribution in [-0.2, 0) is 0 Å². The van der Waals surface area contributed by atoms with Gasteiger partial charge >= 0.3 is 0 Å². The third-order valence-corrected chi connectivity index (χ3v) is 3.52. The van der Waals surface area contributed by atoms with E-state index in [1.807, 2.05) is 13.8 Å². The van der Waals surface area contributed by atoms with Crippen molar-refractivity contribution >= 4 is 34.2 Å². The molecule has 2 rings (SSSR count). The van der Waals surface area contributed by atoms with Crippen LogP contribution in [-0.4, -0.2) is 15.0 Å². The lowest BCUT2D eigenvalue weighted by molar-refractivity contribution is 1.10. The Labute approximate surface area is 112 Å². The van der Waals surface area contributed by atoms with Crippen LogP contribution >= 0.6 is 34.2 Å². The zero-order chi connectivity index (χ0) is 11.7. The van der Waals surface area contributed by atoms with Gasteiger partial charge in [-0.25, -0.2) is 9.97 Å². The van der Waals surface area contributed by atoms with Crippen molar-refractivity contribution in [3.63, 3.8) is 0 Å². The van der Waals surface area contributed by atoms with Crippen molar-refractivity contribution in [3.05, 3.63) is 38.3 Å². The Bertz CT molecular complexity index is 543. The lowest BCUT2D eigenvalue weighted by Gasteiger charge is -2.05. The van der Waals surface area contributed by atoms with Gasteiger partial charge in [0.25, 0.3) is 0 Å². The minimum Gasteiger partial charge on any atom is -0.252 e. The minimum atomic E-state index is 0.465. The summed E-state index contributed by atoms with van der Waals surface area (Å²) in [4.78, 5) is 12.8. The molecule has 0 aliphatic carbocycles. The molecule has 0 saturated heterocycles. The Morgan fingerprint density at radius 3 is 2.56 bits per heavy atom. The van der Waals surface area contributed by atoms with Crippen LogP contribution in [0.1, 0.15) is 11.1 Å². The molecule has 0 atom stereocenters. The third kappa shape index (κ3) is 2.32. The standard InChI is InChI=1S/C11H9ClIN3/c1-6-3-7(2)9(14-4-6)11-15-5-8(13)10(12)16-11/h3-5H,1-2H3. The normalized spacial score (nSPS) is 10.5. The molecule has 2 aromatic heterocycles. The highest BCUT2D eigenvalue weighted by molar-refractivity contribution is 14.1. The molecule has 0 radical (unpaired) electrons. The summed E-state index contributed by atoms with van der Waals surface area (Å²) in [5, 5.41) is 0.465. The van der Waals surface area contributed by atoms with Gasteiger partial charge in [0.2, 0.25) is 0 Å². The Morgan fingerprint density at radius 1 is 1.19 bits per heavy atom. The van der Waals surface area contributed by atoms with Crippen molar-refractivity contribution in [3.8, 4) is 11.5 Å². The van der Waals surface area contributed by atoms with Crippen LogP contribution in [0.25, 0.3) is 11.5 Å². The fourth-order valence-electron chi connectivity index (χ4n) is 1.41. The van der Waals surface area contributed by atoms with E-state index in [9.17, 15) is 0 Å². The summed E-state index contributed by atoms with van der Waals surface area (Å²) in [5.41, 5.74) is 2.96. The number of halogens is 2. The molecule has 0 fully saturated rings. The maximum Gasteiger partial charge on any atom is 0.179 e. The molecule has 0 saturated carbocycles. The second kappa shape index (κ2) is 4.63. The zero-order valence-corrected chi connectivity index (χ0v) is 11.7. The number of hydrogen-bond acceptors (Lipinski definition) is 3. The summed E-state index contributed by atoms with van der Waals surface area (Å²) in [6.07, 6.45) is 3.50. The lowest BCUT2D eigenvalue weighted by atomic mass is 10.1. The first kappa shape index (κ1) is 11.7. The van der Waals surface area contributed by atoms with Gasteiger partial charge in [0.15, 0.2) is 5.82 Å². The van der Waals surface area contributed by atoms with Crippen molar-refractivity contribution in [1.82, 2.24) is 15.0 Å². The fraction of sp³-hybridized carbons (Fsp3) is 0.182. The molecule has 0 aliphatic heterocycles. The van der Waals surface area contributed by atoms with Crippen LogP contribution in [0.3, 0.4) is 0 Å². The number of rotatable bonds is 1. The molecule has 0 unspecified atom stereocenters. The van der Waals surface area contributed by atoms with Gasteiger partial charge in [-0.3, -0.25) is 4.98 Å². The predicted octanol–water partition coefficient (Wildman–Crippen LogP) is 3.41. The van der Waals surface area contributed by atoms with Gasteiger partial charge in [-0.2, -0.15) is 0 Å². The number of aromatic nitrogens is 3. The van der Waals surface area contributed by atoms with E-state index >= 15 is 0 Å². The summed E-state index contributed by atoms with van der Waals surface area (Å²) < 4.78 is 0.841. The molecule has 0 bridgehead atoms. The van der Waals surface area contributed by atoms with Crippen LogP contribution in [0.15, 0.2) is 18.5 Å². The zero-order valence-electron chi connectivity index (χ0n) is 8.83. The number of pyridine rings is 1. The van der Waals surface area contributed by atoms with Gasteiger partial charge in [-0.1, -0.05) is 17.7 Å². The molecule has 5 heteroatoms. The average Bonchev–Trinajstić information content (AvgIpc) is 2.22. The molecule has 16 heavy (non-hydrogen) atoms. The molecular formula is C11H9ClIN3. The van der Waals surface area contributed by atoms with E-state index < -0.39 is 0 Å². The van der Waals surface area contributed by atoms with Gasteiger partial charge in [-0.05, 0) is 47.6 Å². The quantitative estimate of drug-likeness (QED) is 0.587. The number of nitrogens with zero attached hydrogens (tertiary/aromatic N) is 3. The first-order valence-electron chi connectivity index (χ1n) is 4.69. The molecule has 0 amide bonds. The molecule has 3 nitrogen and oxygen atoms in total. The maximum atomic E-state index is 5.96. The van der Waals surface area contributed by atoms with E-state index in [2.05, 4.69) is 43.6 Å². The van der Waals surface area contributed by atoms with Crippen LogP contribution in [0.5, 0.6) is 0 Å². The van der Waals surface area contributed by atoms with Gasteiger partial charge in [0, 0.05) is 12.4 Å². The number of aryl methyl sites for hydroxylation is 2. The van der Waals surface area contributed by atoms with Gasteiger partial charge < -0.3 is 0 Å². The Hall–Kier alpha value is -0.750. The maximum absolute atomic E-state index is 5.96. The van der Waals surface area contributed by atoms with Gasteiger partial charge in [0.05, 0.1) is 3.57 Å². The summed E-state index contributed by atoms with van der Waals surface area (Å²) in [5.74, 6) is 0.572. The van der Waals surface area contributed by atoms with Gasteiger partial charge in [0.1, 0.15) is 10.8 Å². The van der Waals surface area contributed by atoms with Crippen LogP contribution in [0.4, 0.5) is 0 Å². The molecule has 2 heterocycles. The van der Waals surface area contributed by atoms with Crippen molar-refractivity contribution < 1.29 is 0 Å². The van der Waals surface area contributed by atoms with E-state index in [-0.39, 0.29) is 0 Å². The fourth-order valence-corrected chi connectivity index (χ4v) is 1.80. The van der Waals surface area contributed by atoms with Crippen molar-refractivity contribution in [1.29, 1.82) is 0 Å². The van der Waals surface area contributed by atoms with Crippen molar-refractivity contribution in [2.45, 2.75) is 13.8 Å². The van der Waals surface area contributed by atoms with Gasteiger partial charge in [-0.15, -0.1) is 0 Å². The smallest absolute Gasteiger partial charge is 0.179 e. The largest absolute Gasteiger partial charge is 0.252 e. The SMILES string of the molecule is Cc1cnc(-c2ncc(I)c(Cl)n2)c(C)c1. The summed E-state index contributed by atoms with van der Waals surface area (Å²) in [6, 6.07) is 2.05. The summed E-state index contributed by atoms with van der Waals surface area (Å²) >= 11 is 8.06. The molecule has 0 aromatic carbocycles. The van der Waals surface area contributed by atoms with E-state index in [4.69, 9.17) is 11.6 Å². The second-order valence-electron chi connectivity index (χ2n) is 3.51. The molecule has 0 N–H and O–H groups in total. The highest BCUT2D eigenvalue weighted by Crippen LogP contribution is 2.21. The molecular weight excluding hydrogens is 336 g/mol. The van der Waals surface area contributed by atoms with Crippen LogP contribution in [0, 0.1) is 17.4 Å². The number of hydrogen-bond donors (Lipinski definition) is 0. The minimum absolute atomic E-state index is 0.465. The van der Waals surface area contributed by atoms with Crippen molar-refractivity contribution in [2.75, 3.05) is 0 Å². The lowest BCUT2D eigenvalue weighted by Crippen LogP contribution is -1.96. The van der Waals surface area contributed by atoms with Crippen LogP contribution < -0.4 is 0 Å². The van der Waals surface area contributed by atoms with Crippen molar-refractivity contribution in [2.24, 2.45) is 0 Å². The summed E-state index contributed by atoms with van der Waals surface area (Å²) in [6.45, 7) is 4.00. The third-order valence-electron chi connectivity index (χ3n) is 2.13. The Balaban J connectivity index is 2.54. The Morgan fingerprint density at radius 2 is 1.94 bits per heavy atom. The summed E-state index contributed by atoms with van der Waals surface area (Å²) in [7, 11) is 0. The average molecular weight is 346 g/mol. The van der Waals surface area contributed by atoms with E-state index in [0.29, 0.717) is 11.0 Å². The molecule has 2 aromatic rings. The Kier molecular flexibility index (Phi) is 3.39.